The molecule has 5 rings (SSSR count). The summed E-state index contributed by atoms with van der Waals surface area (Å²) in [5.41, 5.74) is 2.94. The average Bonchev–Trinajstić information content (AvgIpc) is 3.49. The van der Waals surface area contributed by atoms with Crippen LogP contribution in [0.15, 0.2) is 64.2 Å². The van der Waals surface area contributed by atoms with Crippen molar-refractivity contribution in [3.8, 4) is 11.5 Å². The molecule has 0 saturated carbocycles. The topological polar surface area (TPSA) is 72.1 Å². The zero-order valence-electron chi connectivity index (χ0n) is 17.7. The van der Waals surface area contributed by atoms with Crippen molar-refractivity contribution in [3.63, 3.8) is 0 Å². The van der Waals surface area contributed by atoms with Crippen LogP contribution >= 0.6 is 34.7 Å². The number of hydrogen-bond donors (Lipinski definition) is 0. The minimum absolute atomic E-state index is 0.0440. The van der Waals surface area contributed by atoms with Crippen LogP contribution in [0.5, 0.6) is 0 Å². The average molecular weight is 497 g/mol. The van der Waals surface area contributed by atoms with Gasteiger partial charge in [0.05, 0.1) is 18.0 Å². The van der Waals surface area contributed by atoms with E-state index in [4.69, 9.17) is 21.0 Å². The fraction of sp³-hybridized carbons (Fsp3) is 0.250. The third-order valence-electron chi connectivity index (χ3n) is 5.35. The maximum atomic E-state index is 13.3. The number of benzene rings is 2. The molecule has 2 aromatic heterocycles. The second-order valence-electron chi connectivity index (χ2n) is 7.71. The zero-order valence-corrected chi connectivity index (χ0v) is 20.1. The van der Waals surface area contributed by atoms with Gasteiger partial charge in [-0.2, -0.15) is 0 Å². The van der Waals surface area contributed by atoms with Crippen LogP contribution in [-0.2, 0) is 24.2 Å². The Morgan fingerprint density at radius 3 is 2.76 bits per heavy atom. The van der Waals surface area contributed by atoms with E-state index in [1.807, 2.05) is 42.5 Å². The van der Waals surface area contributed by atoms with Gasteiger partial charge in [-0.25, -0.2) is 4.98 Å². The summed E-state index contributed by atoms with van der Waals surface area (Å²) in [4.78, 5) is 21.2. The molecule has 0 spiro atoms. The molecule has 1 aliphatic carbocycles. The summed E-state index contributed by atoms with van der Waals surface area (Å²) in [7, 11) is 0. The third kappa shape index (κ3) is 5.29. The van der Waals surface area contributed by atoms with Crippen molar-refractivity contribution in [1.29, 1.82) is 0 Å². The van der Waals surface area contributed by atoms with Crippen LogP contribution < -0.4 is 4.90 Å². The Labute approximate surface area is 205 Å². The number of amides is 1. The van der Waals surface area contributed by atoms with Gasteiger partial charge in [0.15, 0.2) is 5.13 Å². The maximum Gasteiger partial charge on any atom is 0.277 e. The summed E-state index contributed by atoms with van der Waals surface area (Å²) >= 11 is 8.92. The van der Waals surface area contributed by atoms with Crippen molar-refractivity contribution in [2.75, 3.05) is 10.7 Å². The highest BCUT2D eigenvalue weighted by atomic mass is 35.5. The first-order valence-electron chi connectivity index (χ1n) is 10.7. The Balaban J connectivity index is 1.32. The number of hydrogen-bond acceptors (Lipinski definition) is 7. The van der Waals surface area contributed by atoms with Gasteiger partial charge in [-0.15, -0.1) is 21.5 Å². The lowest BCUT2D eigenvalue weighted by atomic mass is 10.0. The summed E-state index contributed by atoms with van der Waals surface area (Å²) < 4.78 is 5.74. The largest absolute Gasteiger partial charge is 0.411 e. The fourth-order valence-corrected chi connectivity index (χ4v) is 5.68. The summed E-state index contributed by atoms with van der Waals surface area (Å²) in [6, 6.07) is 17.2. The van der Waals surface area contributed by atoms with E-state index in [2.05, 4.69) is 10.2 Å². The number of thioether (sulfide) groups is 1. The molecule has 168 valence electrons. The van der Waals surface area contributed by atoms with Crippen LogP contribution in [0.3, 0.4) is 0 Å². The molecular weight excluding hydrogens is 476 g/mol. The molecular formula is C24H21ClN4O2S2. The van der Waals surface area contributed by atoms with Gasteiger partial charge in [-0.05, 0) is 49.4 Å². The quantitative estimate of drug-likeness (QED) is 0.290. The van der Waals surface area contributed by atoms with Crippen molar-refractivity contribution in [3.05, 3.63) is 75.8 Å². The zero-order chi connectivity index (χ0) is 22.6. The molecule has 1 aliphatic rings. The molecule has 0 unspecified atom stereocenters. The molecule has 1 amide bonds. The van der Waals surface area contributed by atoms with Gasteiger partial charge in [0, 0.05) is 15.5 Å². The molecule has 2 heterocycles. The predicted molar refractivity (Wildman–Crippen MR) is 132 cm³/mol. The van der Waals surface area contributed by atoms with Gasteiger partial charge in [-0.1, -0.05) is 59.8 Å². The fourth-order valence-electron chi connectivity index (χ4n) is 3.69. The molecule has 0 N–H and O–H groups in total. The van der Waals surface area contributed by atoms with Crippen LogP contribution in [0.25, 0.3) is 11.5 Å². The highest BCUT2D eigenvalue weighted by Crippen LogP contribution is 2.33. The van der Waals surface area contributed by atoms with Crippen LogP contribution in [-0.4, -0.2) is 26.8 Å². The van der Waals surface area contributed by atoms with E-state index in [1.54, 1.807) is 28.4 Å². The Kier molecular flexibility index (Phi) is 6.75. The Bertz CT molecular complexity index is 1230. The monoisotopic (exact) mass is 496 g/mol. The summed E-state index contributed by atoms with van der Waals surface area (Å²) in [6.07, 6.45) is 4.37. The number of carbonyl (C=O) groups is 1. The van der Waals surface area contributed by atoms with E-state index in [-0.39, 0.29) is 11.7 Å². The molecule has 6 nitrogen and oxygen atoms in total. The molecule has 33 heavy (non-hydrogen) atoms. The summed E-state index contributed by atoms with van der Waals surface area (Å²) in [5.74, 6) is 0.507. The van der Waals surface area contributed by atoms with E-state index in [1.165, 1.54) is 23.1 Å². The van der Waals surface area contributed by atoms with E-state index >= 15 is 0 Å². The van der Waals surface area contributed by atoms with Gasteiger partial charge in [0.2, 0.25) is 11.8 Å². The first-order chi connectivity index (χ1) is 16.2. The van der Waals surface area contributed by atoms with Gasteiger partial charge >= 0.3 is 0 Å². The number of rotatable bonds is 7. The first kappa shape index (κ1) is 22.1. The minimum atomic E-state index is -0.0440. The van der Waals surface area contributed by atoms with Crippen molar-refractivity contribution >= 4 is 45.7 Å². The number of nitrogens with zero attached hydrogens (tertiary/aromatic N) is 4. The molecule has 9 heteroatoms. The number of fused-ring (bicyclic) bond motifs is 1. The van der Waals surface area contributed by atoms with Crippen LogP contribution in [0.4, 0.5) is 5.13 Å². The number of anilines is 1. The van der Waals surface area contributed by atoms with Gasteiger partial charge < -0.3 is 4.42 Å². The molecule has 2 aromatic carbocycles. The molecule has 0 saturated heterocycles. The van der Waals surface area contributed by atoms with Crippen molar-refractivity contribution in [1.82, 2.24) is 15.2 Å². The lowest BCUT2D eigenvalue weighted by Gasteiger charge is -2.19. The molecule has 4 aromatic rings. The van der Waals surface area contributed by atoms with Crippen molar-refractivity contribution in [2.45, 2.75) is 37.5 Å². The number of carbonyl (C=O) groups excluding carboxylic acids is 1. The molecule has 0 radical (unpaired) electrons. The van der Waals surface area contributed by atoms with Crippen LogP contribution in [0.1, 0.15) is 29.0 Å². The lowest BCUT2D eigenvalue weighted by molar-refractivity contribution is -0.116. The highest BCUT2D eigenvalue weighted by molar-refractivity contribution is 7.99. The number of thiazole rings is 1. The Morgan fingerprint density at radius 1 is 1.09 bits per heavy atom. The molecule has 0 bridgehead atoms. The minimum Gasteiger partial charge on any atom is -0.411 e. The standard InChI is InChI=1S/C24H21ClN4O2S2/c25-18-10-6-9-17(13-18)22-27-28-24(31-22)32-15-21(30)29(14-16-7-2-1-3-8-16)23-26-19-11-4-5-12-20(19)33-23/h1-3,6-10,13H,4-5,11-12,14-15H2. The lowest BCUT2D eigenvalue weighted by Crippen LogP contribution is -2.31. The van der Waals surface area contributed by atoms with Gasteiger partial charge in [-0.3, -0.25) is 9.69 Å². The van der Waals surface area contributed by atoms with Crippen LogP contribution in [0.2, 0.25) is 5.02 Å². The second-order valence-corrected chi connectivity index (χ2v) is 10.1. The Morgan fingerprint density at radius 2 is 1.94 bits per heavy atom. The normalized spacial score (nSPS) is 13.0. The van der Waals surface area contributed by atoms with Crippen molar-refractivity contribution < 1.29 is 9.21 Å². The number of aromatic nitrogens is 3. The van der Waals surface area contributed by atoms with Crippen molar-refractivity contribution in [2.24, 2.45) is 0 Å². The predicted octanol–water partition coefficient (Wildman–Crippen LogP) is 6.05. The smallest absolute Gasteiger partial charge is 0.277 e. The first-order valence-corrected chi connectivity index (χ1v) is 12.9. The number of halogens is 1. The van der Waals surface area contributed by atoms with E-state index in [0.29, 0.717) is 22.7 Å². The van der Waals surface area contributed by atoms with Crippen LogP contribution in [0, 0.1) is 0 Å². The van der Waals surface area contributed by atoms with Gasteiger partial charge in [0.25, 0.3) is 5.22 Å². The summed E-state index contributed by atoms with van der Waals surface area (Å²) in [5, 5.41) is 9.88. The highest BCUT2D eigenvalue weighted by Gasteiger charge is 2.24. The SMILES string of the molecule is O=C(CSc1nnc(-c2cccc(Cl)c2)o1)N(Cc1ccccc1)c1nc2c(s1)CCCC2. The van der Waals surface area contributed by atoms with E-state index < -0.39 is 0 Å². The third-order valence-corrected chi connectivity index (χ3v) is 7.57. The molecule has 0 fully saturated rings. The molecule has 0 atom stereocenters. The summed E-state index contributed by atoms with van der Waals surface area (Å²) in [6.45, 7) is 0.476. The maximum absolute atomic E-state index is 13.3. The van der Waals surface area contributed by atoms with E-state index in [0.717, 1.165) is 41.2 Å². The van der Waals surface area contributed by atoms with E-state index in [9.17, 15) is 4.79 Å². The Hall–Kier alpha value is -2.68. The molecule has 0 aliphatic heterocycles. The second kappa shape index (κ2) is 10.1. The van der Waals surface area contributed by atoms with Gasteiger partial charge in [0.1, 0.15) is 0 Å². The number of aryl methyl sites for hydroxylation is 2.